The third-order valence-corrected chi connectivity index (χ3v) is 1.38. The molecule has 1 aromatic rings. The molecule has 59 valence electrons. The average molecular weight is 149 g/mol. The van der Waals surface area contributed by atoms with Crippen molar-refractivity contribution in [3.8, 4) is 0 Å². The van der Waals surface area contributed by atoms with Gasteiger partial charge in [0.1, 0.15) is 0 Å². The van der Waals surface area contributed by atoms with Crippen LogP contribution in [0.4, 0.5) is 0 Å². The van der Waals surface area contributed by atoms with Gasteiger partial charge in [0.2, 0.25) is 0 Å². The van der Waals surface area contributed by atoms with Gasteiger partial charge in [0.25, 0.3) is 0 Å². The van der Waals surface area contributed by atoms with Crippen molar-refractivity contribution in [2.24, 2.45) is 0 Å². The van der Waals surface area contributed by atoms with E-state index in [0.29, 0.717) is 0 Å². The lowest BCUT2D eigenvalue weighted by Gasteiger charge is -2.07. The molecule has 1 radical (unpaired) electrons. The predicted octanol–water partition coefficient (Wildman–Crippen LogP) is 1.27. The molecule has 0 spiro atoms. The molecule has 0 fully saturated rings. The Hall–Kier alpha value is -0.860. The molecule has 0 saturated carbocycles. The zero-order chi connectivity index (χ0) is 8.10. The molecule has 0 atom stereocenters. The smallest absolute Gasteiger partial charge is 0.0557 e. The Labute approximate surface area is 67.8 Å². The molecular weight excluding hydrogens is 136 g/mol. The highest BCUT2D eigenvalue weighted by atomic mass is 15.5. The van der Waals surface area contributed by atoms with Gasteiger partial charge >= 0.3 is 0 Å². The summed E-state index contributed by atoms with van der Waals surface area (Å²) >= 11 is 0. The van der Waals surface area contributed by atoms with Crippen LogP contribution in [0.3, 0.4) is 0 Å². The third-order valence-electron chi connectivity index (χ3n) is 1.38. The molecule has 2 heteroatoms. The maximum atomic E-state index is 4.23. The van der Waals surface area contributed by atoms with E-state index in [1.54, 1.807) is 0 Å². The second-order valence-electron chi connectivity index (χ2n) is 2.63. The summed E-state index contributed by atoms with van der Waals surface area (Å²) in [6, 6.07) is 10.2. The lowest BCUT2D eigenvalue weighted by molar-refractivity contribution is 0.275. The Morgan fingerprint density at radius 2 is 1.82 bits per heavy atom. The molecule has 0 N–H and O–H groups in total. The lowest BCUT2D eigenvalue weighted by atomic mass is 10.2. The first kappa shape index (κ1) is 8.24. The maximum absolute atomic E-state index is 4.23. The van der Waals surface area contributed by atoms with Crippen molar-refractivity contribution in [3.05, 3.63) is 35.9 Å². The molecule has 0 amide bonds. The van der Waals surface area contributed by atoms with Crippen LogP contribution in [-0.2, 0) is 6.54 Å². The second kappa shape index (κ2) is 4.11. The highest BCUT2D eigenvalue weighted by Gasteiger charge is 1.91. The van der Waals surface area contributed by atoms with E-state index in [2.05, 4.69) is 17.6 Å². The summed E-state index contributed by atoms with van der Waals surface area (Å²) in [4.78, 5) is 0. The van der Waals surface area contributed by atoms with Crippen LogP contribution in [0, 0.1) is 0 Å². The Kier molecular flexibility index (Phi) is 3.08. The van der Waals surface area contributed by atoms with Crippen molar-refractivity contribution in [1.82, 2.24) is 10.4 Å². The number of hydrogen-bond acceptors (Lipinski definition) is 1. The molecule has 0 unspecified atom stereocenters. The van der Waals surface area contributed by atoms with Crippen molar-refractivity contribution in [3.63, 3.8) is 0 Å². The summed E-state index contributed by atoms with van der Waals surface area (Å²) < 4.78 is 0. The average Bonchev–Trinajstić information content (AvgIpc) is 2.03. The normalized spacial score (nSPS) is 10.5. The van der Waals surface area contributed by atoms with Crippen LogP contribution >= 0.6 is 0 Å². The Morgan fingerprint density at radius 3 is 2.36 bits per heavy atom. The molecule has 11 heavy (non-hydrogen) atoms. The molecule has 1 rings (SSSR count). The van der Waals surface area contributed by atoms with E-state index >= 15 is 0 Å². The second-order valence-corrected chi connectivity index (χ2v) is 2.63. The fourth-order valence-corrected chi connectivity index (χ4v) is 0.806. The van der Waals surface area contributed by atoms with E-state index in [0.717, 1.165) is 6.54 Å². The van der Waals surface area contributed by atoms with Crippen LogP contribution in [-0.4, -0.2) is 19.1 Å². The molecule has 0 heterocycles. The van der Waals surface area contributed by atoms with E-state index in [1.165, 1.54) is 5.56 Å². The van der Waals surface area contributed by atoms with Crippen molar-refractivity contribution < 1.29 is 0 Å². The van der Waals surface area contributed by atoms with E-state index in [1.807, 2.05) is 37.3 Å². The molecular formula is C9H13N2. The van der Waals surface area contributed by atoms with Gasteiger partial charge in [0, 0.05) is 14.1 Å². The highest BCUT2D eigenvalue weighted by Crippen LogP contribution is 1.97. The van der Waals surface area contributed by atoms with Crippen molar-refractivity contribution in [1.29, 1.82) is 0 Å². The minimum atomic E-state index is 0.772. The van der Waals surface area contributed by atoms with Gasteiger partial charge in [0.05, 0.1) is 6.54 Å². The highest BCUT2D eigenvalue weighted by molar-refractivity contribution is 5.13. The van der Waals surface area contributed by atoms with Crippen LogP contribution in [0.15, 0.2) is 30.3 Å². The van der Waals surface area contributed by atoms with Crippen LogP contribution in [0.2, 0.25) is 0 Å². The van der Waals surface area contributed by atoms with Gasteiger partial charge in [-0.05, 0) is 5.56 Å². The van der Waals surface area contributed by atoms with Crippen LogP contribution < -0.4 is 5.43 Å². The summed E-state index contributed by atoms with van der Waals surface area (Å²) in [5.41, 5.74) is 5.48. The standard InChI is InChI=1S/C9H13N2/c1-11(2)10-8-9-6-4-3-5-7-9/h3-7H,8H2,1-2H3. The number of rotatable bonds is 3. The Balaban J connectivity index is 2.39. The first-order valence-corrected chi connectivity index (χ1v) is 3.67. The summed E-state index contributed by atoms with van der Waals surface area (Å²) in [6.45, 7) is 0.772. The van der Waals surface area contributed by atoms with E-state index < -0.39 is 0 Å². The summed E-state index contributed by atoms with van der Waals surface area (Å²) in [5.74, 6) is 0. The van der Waals surface area contributed by atoms with Gasteiger partial charge in [0.15, 0.2) is 0 Å². The first-order valence-electron chi connectivity index (χ1n) is 3.67. The predicted molar refractivity (Wildman–Crippen MR) is 46.0 cm³/mol. The van der Waals surface area contributed by atoms with Crippen LogP contribution in [0.25, 0.3) is 0 Å². The zero-order valence-electron chi connectivity index (χ0n) is 6.99. The van der Waals surface area contributed by atoms with Crippen molar-refractivity contribution in [2.75, 3.05) is 14.1 Å². The number of benzene rings is 1. The minimum Gasteiger partial charge on any atom is -0.233 e. The van der Waals surface area contributed by atoms with E-state index in [4.69, 9.17) is 0 Å². The van der Waals surface area contributed by atoms with Gasteiger partial charge in [-0.2, -0.15) is 5.43 Å². The topological polar surface area (TPSA) is 17.3 Å². The molecule has 0 saturated heterocycles. The molecule has 0 bridgehead atoms. The van der Waals surface area contributed by atoms with Crippen LogP contribution in [0.5, 0.6) is 0 Å². The van der Waals surface area contributed by atoms with Gasteiger partial charge < -0.3 is 0 Å². The van der Waals surface area contributed by atoms with Gasteiger partial charge in [-0.3, -0.25) is 0 Å². The van der Waals surface area contributed by atoms with E-state index in [9.17, 15) is 0 Å². The largest absolute Gasteiger partial charge is 0.233 e. The minimum absolute atomic E-state index is 0.772. The van der Waals surface area contributed by atoms with Crippen molar-refractivity contribution >= 4 is 0 Å². The molecule has 0 aliphatic rings. The maximum Gasteiger partial charge on any atom is 0.0557 e. The molecule has 0 aliphatic heterocycles. The Bertz CT molecular complexity index is 194. The summed E-state index contributed by atoms with van der Waals surface area (Å²) in [7, 11) is 3.87. The lowest BCUT2D eigenvalue weighted by Crippen LogP contribution is -2.22. The van der Waals surface area contributed by atoms with Crippen molar-refractivity contribution in [2.45, 2.75) is 6.54 Å². The van der Waals surface area contributed by atoms with Gasteiger partial charge in [-0.15, -0.1) is 0 Å². The van der Waals surface area contributed by atoms with Crippen LogP contribution in [0.1, 0.15) is 5.56 Å². The summed E-state index contributed by atoms with van der Waals surface area (Å²) in [6.07, 6.45) is 0. The fraction of sp³-hybridized carbons (Fsp3) is 0.333. The quantitative estimate of drug-likeness (QED) is 0.591. The third kappa shape index (κ3) is 3.16. The first-order chi connectivity index (χ1) is 5.29. The fourth-order valence-electron chi connectivity index (χ4n) is 0.806. The summed E-state index contributed by atoms with van der Waals surface area (Å²) in [5, 5.41) is 1.83. The molecule has 2 nitrogen and oxygen atoms in total. The molecule has 1 aromatic carbocycles. The van der Waals surface area contributed by atoms with Gasteiger partial charge in [-0.1, -0.05) is 30.3 Å². The monoisotopic (exact) mass is 149 g/mol. The zero-order valence-corrected chi connectivity index (χ0v) is 6.99. The number of nitrogens with zero attached hydrogens (tertiary/aromatic N) is 2. The molecule has 0 aromatic heterocycles. The van der Waals surface area contributed by atoms with E-state index in [-0.39, 0.29) is 0 Å². The van der Waals surface area contributed by atoms with Gasteiger partial charge in [-0.25, -0.2) is 5.01 Å². The Morgan fingerprint density at radius 1 is 1.18 bits per heavy atom. The SMILES string of the molecule is CN(C)[N]Cc1ccccc1. The molecule has 0 aliphatic carbocycles. The number of hydrogen-bond donors (Lipinski definition) is 0.